The molecule has 1 aromatic carbocycles. The van der Waals surface area contributed by atoms with Crippen molar-refractivity contribution in [2.75, 3.05) is 12.4 Å². The van der Waals surface area contributed by atoms with Crippen LogP contribution in [0.15, 0.2) is 24.3 Å². The summed E-state index contributed by atoms with van der Waals surface area (Å²) in [5, 5.41) is 0. The van der Waals surface area contributed by atoms with Gasteiger partial charge in [-0.25, -0.2) is 12.8 Å². The Labute approximate surface area is 98.6 Å². The van der Waals surface area contributed by atoms with Crippen LogP contribution in [0.4, 0.5) is 4.39 Å². The fourth-order valence-corrected chi connectivity index (χ4v) is 1.92. The Bertz CT molecular complexity index is 433. The quantitative estimate of drug-likeness (QED) is 0.586. The third kappa shape index (κ3) is 5.44. The normalized spacial score (nSPS) is 11.6. The summed E-state index contributed by atoms with van der Waals surface area (Å²) in [5.41, 5.74) is 0.455. The first kappa shape index (κ1) is 13.4. The molecule has 1 rings (SSSR count). The van der Waals surface area contributed by atoms with E-state index in [4.69, 9.17) is 15.4 Å². The van der Waals surface area contributed by atoms with E-state index in [0.29, 0.717) is 12.0 Å². The largest absolute Gasteiger partial charge is 0.377 e. The Morgan fingerprint density at radius 1 is 1.31 bits per heavy atom. The third-order valence-electron chi connectivity index (χ3n) is 1.89. The molecule has 1 aromatic rings. The average Bonchev–Trinajstić information content (AvgIpc) is 2.18. The third-order valence-corrected chi connectivity index (χ3v) is 3.13. The molecule has 0 bridgehead atoms. The Kier molecular flexibility index (Phi) is 5.18. The van der Waals surface area contributed by atoms with Crippen molar-refractivity contribution in [2.45, 2.75) is 13.0 Å². The van der Waals surface area contributed by atoms with E-state index in [-0.39, 0.29) is 24.8 Å². The molecular formula is C10H12ClFO3S. The highest BCUT2D eigenvalue weighted by atomic mass is 35.7. The summed E-state index contributed by atoms with van der Waals surface area (Å²) in [6.07, 6.45) is 0.306. The van der Waals surface area contributed by atoms with Crippen molar-refractivity contribution in [1.29, 1.82) is 0 Å². The molecule has 0 aliphatic rings. The zero-order valence-corrected chi connectivity index (χ0v) is 10.1. The minimum absolute atomic E-state index is 0.133. The Balaban J connectivity index is 2.24. The highest BCUT2D eigenvalue weighted by Crippen LogP contribution is 2.08. The van der Waals surface area contributed by atoms with Gasteiger partial charge in [-0.3, -0.25) is 0 Å². The minimum Gasteiger partial charge on any atom is -0.377 e. The van der Waals surface area contributed by atoms with Crippen LogP contribution in [0, 0.1) is 5.82 Å². The van der Waals surface area contributed by atoms with Crippen LogP contribution in [-0.2, 0) is 20.4 Å². The van der Waals surface area contributed by atoms with E-state index < -0.39 is 9.05 Å². The molecule has 0 heterocycles. The van der Waals surface area contributed by atoms with Gasteiger partial charge in [0.25, 0.3) is 0 Å². The molecule has 0 N–H and O–H groups in total. The highest BCUT2D eigenvalue weighted by molar-refractivity contribution is 8.13. The molecule has 0 aliphatic heterocycles. The molecule has 0 fully saturated rings. The number of hydrogen-bond donors (Lipinski definition) is 0. The fraction of sp³-hybridized carbons (Fsp3) is 0.400. The predicted octanol–water partition coefficient (Wildman–Crippen LogP) is 2.30. The lowest BCUT2D eigenvalue weighted by Gasteiger charge is -2.04. The predicted molar refractivity (Wildman–Crippen MR) is 60.3 cm³/mol. The fourth-order valence-electron chi connectivity index (χ4n) is 1.13. The molecule has 0 unspecified atom stereocenters. The van der Waals surface area contributed by atoms with E-state index >= 15 is 0 Å². The van der Waals surface area contributed by atoms with E-state index in [0.717, 1.165) is 0 Å². The van der Waals surface area contributed by atoms with Gasteiger partial charge in [-0.15, -0.1) is 0 Å². The van der Waals surface area contributed by atoms with Crippen LogP contribution >= 0.6 is 10.7 Å². The summed E-state index contributed by atoms with van der Waals surface area (Å²) in [4.78, 5) is 0. The molecule has 6 heteroatoms. The van der Waals surface area contributed by atoms with Gasteiger partial charge in [0.15, 0.2) is 0 Å². The van der Waals surface area contributed by atoms with Gasteiger partial charge in [-0.05, 0) is 12.5 Å². The lowest BCUT2D eigenvalue weighted by atomic mass is 10.2. The molecular weight excluding hydrogens is 255 g/mol. The molecule has 0 aliphatic carbocycles. The van der Waals surface area contributed by atoms with E-state index in [2.05, 4.69) is 0 Å². The summed E-state index contributed by atoms with van der Waals surface area (Å²) in [5.74, 6) is -0.460. The van der Waals surface area contributed by atoms with Crippen molar-refractivity contribution in [2.24, 2.45) is 0 Å². The van der Waals surface area contributed by atoms with Crippen LogP contribution in [-0.4, -0.2) is 20.8 Å². The van der Waals surface area contributed by atoms with E-state index in [1.807, 2.05) is 0 Å². The maximum Gasteiger partial charge on any atom is 0.232 e. The highest BCUT2D eigenvalue weighted by Gasteiger charge is 2.05. The summed E-state index contributed by atoms with van der Waals surface area (Å²) in [6.45, 7) is 0.370. The SMILES string of the molecule is O=S(=O)(Cl)CCCOCc1ccccc1F. The van der Waals surface area contributed by atoms with Gasteiger partial charge in [0.05, 0.1) is 12.4 Å². The second-order valence-electron chi connectivity index (χ2n) is 3.24. The van der Waals surface area contributed by atoms with E-state index in [1.165, 1.54) is 6.07 Å². The van der Waals surface area contributed by atoms with E-state index in [9.17, 15) is 12.8 Å². The van der Waals surface area contributed by atoms with Crippen LogP contribution in [0.5, 0.6) is 0 Å². The van der Waals surface area contributed by atoms with Gasteiger partial charge in [0, 0.05) is 22.9 Å². The Hall–Kier alpha value is -0.650. The molecule has 0 saturated heterocycles. The van der Waals surface area contributed by atoms with Crippen molar-refractivity contribution in [3.8, 4) is 0 Å². The average molecular weight is 267 g/mol. The lowest BCUT2D eigenvalue weighted by molar-refractivity contribution is 0.119. The molecule has 0 atom stereocenters. The molecule has 90 valence electrons. The minimum atomic E-state index is -3.46. The van der Waals surface area contributed by atoms with Gasteiger partial charge in [-0.2, -0.15) is 0 Å². The molecule has 0 spiro atoms. The molecule has 0 aromatic heterocycles. The first-order valence-corrected chi connectivity index (χ1v) is 7.20. The monoisotopic (exact) mass is 266 g/mol. The number of rotatable bonds is 6. The van der Waals surface area contributed by atoms with Crippen LogP contribution in [0.3, 0.4) is 0 Å². The molecule has 0 radical (unpaired) electrons. The zero-order chi connectivity index (χ0) is 12.0. The number of halogens is 2. The summed E-state index contributed by atoms with van der Waals surface area (Å²) < 4.78 is 39.4. The maximum atomic E-state index is 13.1. The van der Waals surface area contributed by atoms with E-state index in [1.54, 1.807) is 18.2 Å². The number of ether oxygens (including phenoxy) is 1. The smallest absolute Gasteiger partial charge is 0.232 e. The summed E-state index contributed by atoms with van der Waals surface area (Å²) >= 11 is 0. The summed E-state index contributed by atoms with van der Waals surface area (Å²) in [6, 6.07) is 6.28. The van der Waals surface area contributed by atoms with Crippen LogP contribution in [0.25, 0.3) is 0 Å². The molecule has 0 saturated carbocycles. The van der Waals surface area contributed by atoms with Gasteiger partial charge < -0.3 is 4.74 Å². The second kappa shape index (κ2) is 6.18. The van der Waals surface area contributed by atoms with Crippen molar-refractivity contribution < 1.29 is 17.5 Å². The second-order valence-corrected chi connectivity index (χ2v) is 6.14. The van der Waals surface area contributed by atoms with Gasteiger partial charge in [-0.1, -0.05) is 18.2 Å². The topological polar surface area (TPSA) is 43.4 Å². The van der Waals surface area contributed by atoms with Gasteiger partial charge in [0.2, 0.25) is 9.05 Å². The van der Waals surface area contributed by atoms with Crippen LogP contribution in [0.2, 0.25) is 0 Å². The lowest BCUT2D eigenvalue weighted by Crippen LogP contribution is -2.03. The van der Waals surface area contributed by atoms with Crippen molar-refractivity contribution in [3.05, 3.63) is 35.6 Å². The molecule has 3 nitrogen and oxygen atoms in total. The van der Waals surface area contributed by atoms with Crippen molar-refractivity contribution >= 4 is 19.7 Å². The maximum absolute atomic E-state index is 13.1. The molecule has 16 heavy (non-hydrogen) atoms. The number of hydrogen-bond acceptors (Lipinski definition) is 3. The van der Waals surface area contributed by atoms with Crippen LogP contribution in [0.1, 0.15) is 12.0 Å². The first-order chi connectivity index (χ1) is 7.49. The van der Waals surface area contributed by atoms with Crippen molar-refractivity contribution in [1.82, 2.24) is 0 Å². The van der Waals surface area contributed by atoms with Gasteiger partial charge >= 0.3 is 0 Å². The van der Waals surface area contributed by atoms with Crippen molar-refractivity contribution in [3.63, 3.8) is 0 Å². The summed E-state index contributed by atoms with van der Waals surface area (Å²) in [7, 11) is 1.55. The van der Waals surface area contributed by atoms with Crippen LogP contribution < -0.4 is 0 Å². The first-order valence-electron chi connectivity index (χ1n) is 4.72. The van der Waals surface area contributed by atoms with Gasteiger partial charge in [0.1, 0.15) is 5.82 Å². The Morgan fingerprint density at radius 3 is 2.62 bits per heavy atom. The number of benzene rings is 1. The Morgan fingerprint density at radius 2 is 2.00 bits per heavy atom. The zero-order valence-electron chi connectivity index (χ0n) is 8.53. The standard InChI is InChI=1S/C10H12ClFO3S/c11-16(13,14)7-3-6-15-8-9-4-1-2-5-10(9)12/h1-2,4-5H,3,6-8H2. The molecule has 0 amide bonds.